The van der Waals surface area contributed by atoms with Crippen molar-refractivity contribution in [2.24, 2.45) is 0 Å². The molecule has 1 heterocycles. The number of nitrogens with one attached hydrogen (secondary N) is 2. The van der Waals surface area contributed by atoms with Gasteiger partial charge in [0.1, 0.15) is 0 Å². The van der Waals surface area contributed by atoms with Crippen LogP contribution in [0.25, 0.3) is 5.69 Å². The number of hydrogen-bond donors (Lipinski definition) is 2. The van der Waals surface area contributed by atoms with E-state index in [1.165, 1.54) is 0 Å². The molecule has 0 saturated heterocycles. The van der Waals surface area contributed by atoms with Crippen molar-refractivity contribution < 1.29 is 14.0 Å². The van der Waals surface area contributed by atoms with Gasteiger partial charge in [-0.15, -0.1) is 0 Å². The number of benzene rings is 2. The van der Waals surface area contributed by atoms with Crippen LogP contribution in [0.3, 0.4) is 0 Å². The van der Waals surface area contributed by atoms with Crippen LogP contribution in [-0.2, 0) is 4.79 Å². The largest absolute Gasteiger partial charge is 0.442 e. The summed E-state index contributed by atoms with van der Waals surface area (Å²) >= 11 is 1.15. The Bertz CT molecular complexity index is 1020. The lowest BCUT2D eigenvalue weighted by atomic mass is 10.1. The molecule has 27 heavy (non-hydrogen) atoms. The van der Waals surface area contributed by atoms with E-state index in [4.69, 9.17) is 4.52 Å². The molecule has 0 spiro atoms. The summed E-state index contributed by atoms with van der Waals surface area (Å²) in [5, 5.41) is 5.36. The summed E-state index contributed by atoms with van der Waals surface area (Å²) in [7, 11) is 0. The first-order valence-electron chi connectivity index (χ1n) is 8.60. The summed E-state index contributed by atoms with van der Waals surface area (Å²) < 4.78 is 6.49. The third-order valence-electron chi connectivity index (χ3n) is 4.20. The molecule has 1 aromatic heterocycles. The molecule has 2 N–H and O–H groups in total. The zero-order valence-electron chi connectivity index (χ0n) is 15.7. The summed E-state index contributed by atoms with van der Waals surface area (Å²) in [5.74, 6) is -0.178. The van der Waals surface area contributed by atoms with E-state index >= 15 is 0 Å². The number of H-pyrrole nitrogens is 1. The van der Waals surface area contributed by atoms with E-state index in [-0.39, 0.29) is 5.91 Å². The molecular weight excluding hydrogens is 362 g/mol. The highest BCUT2D eigenvalue weighted by atomic mass is 32.2. The van der Waals surface area contributed by atoms with E-state index in [1.807, 2.05) is 63.2 Å². The molecule has 0 radical (unpaired) electrons. The fraction of sp³-hybridized carbons (Fsp3) is 0.250. The van der Waals surface area contributed by atoms with Gasteiger partial charge < -0.3 is 5.32 Å². The number of carbonyl (C=O) groups is 1. The Morgan fingerprint density at radius 1 is 1.11 bits per heavy atom. The first-order valence-corrected chi connectivity index (χ1v) is 9.48. The molecule has 0 fully saturated rings. The van der Waals surface area contributed by atoms with Gasteiger partial charge in [0.25, 0.3) is 0 Å². The van der Waals surface area contributed by atoms with Crippen molar-refractivity contribution >= 4 is 23.4 Å². The molecule has 1 atom stereocenters. The maximum absolute atomic E-state index is 12.6. The third kappa shape index (κ3) is 4.31. The lowest BCUT2D eigenvalue weighted by Gasteiger charge is -2.12. The van der Waals surface area contributed by atoms with Gasteiger partial charge in [-0.25, -0.2) is 4.79 Å². The summed E-state index contributed by atoms with van der Waals surface area (Å²) in [4.78, 5) is 24.7. The zero-order chi connectivity index (χ0) is 19.6. The van der Waals surface area contributed by atoms with Crippen molar-refractivity contribution in [1.82, 2.24) is 5.27 Å². The van der Waals surface area contributed by atoms with E-state index in [2.05, 4.69) is 10.6 Å². The SMILES string of the molecule is Cc1ccc(-[n+]2[nH]oc(=O)c2SC(C)C(=O)Nc2ccc(C)cc2C)cc1. The molecule has 1 unspecified atom stereocenters. The topological polar surface area (TPSA) is 79.0 Å². The van der Waals surface area contributed by atoms with Crippen molar-refractivity contribution in [3.8, 4) is 5.69 Å². The number of carbonyl (C=O) groups excluding carboxylic acids is 1. The molecule has 2 aromatic carbocycles. The lowest BCUT2D eigenvalue weighted by molar-refractivity contribution is -0.704. The molecule has 140 valence electrons. The molecular formula is C20H22N3O3S+. The molecule has 0 aliphatic carbocycles. The van der Waals surface area contributed by atoms with E-state index in [0.29, 0.717) is 5.03 Å². The fourth-order valence-corrected chi connectivity index (χ4v) is 3.52. The molecule has 7 heteroatoms. The van der Waals surface area contributed by atoms with Gasteiger partial charge in [-0.05, 0) is 61.0 Å². The molecule has 1 amide bonds. The molecule has 0 saturated carbocycles. The number of hydrogen-bond acceptors (Lipinski definition) is 4. The van der Waals surface area contributed by atoms with Crippen LogP contribution in [0.15, 0.2) is 56.8 Å². The van der Waals surface area contributed by atoms with Crippen LogP contribution in [0.2, 0.25) is 0 Å². The van der Waals surface area contributed by atoms with Crippen LogP contribution in [0, 0.1) is 20.8 Å². The van der Waals surface area contributed by atoms with Gasteiger partial charge in [0.05, 0.1) is 5.25 Å². The maximum atomic E-state index is 12.6. The average Bonchev–Trinajstić information content (AvgIpc) is 2.98. The van der Waals surface area contributed by atoms with Gasteiger partial charge in [-0.1, -0.05) is 35.4 Å². The smallest absolute Gasteiger partial charge is 0.325 e. The van der Waals surface area contributed by atoms with Gasteiger partial charge >= 0.3 is 10.7 Å². The number of rotatable bonds is 5. The van der Waals surface area contributed by atoms with E-state index < -0.39 is 10.9 Å². The highest BCUT2D eigenvalue weighted by Crippen LogP contribution is 2.21. The standard InChI is InChI=1S/C20H21N3O3S/c1-12-5-8-16(9-6-12)23-19(20(25)26-22-23)27-15(4)18(24)21-17-10-7-13(2)11-14(17)3/h5-11,15H,1-4H3,(H-,21,22,24,25)/p+1. The molecule has 6 nitrogen and oxygen atoms in total. The zero-order valence-corrected chi connectivity index (χ0v) is 16.5. The van der Waals surface area contributed by atoms with Crippen molar-refractivity contribution in [1.29, 1.82) is 0 Å². The molecule has 0 bridgehead atoms. The maximum Gasteiger partial charge on any atom is 0.442 e. The Kier molecular flexibility index (Phi) is 5.51. The van der Waals surface area contributed by atoms with Gasteiger partial charge in [0.2, 0.25) is 11.6 Å². The van der Waals surface area contributed by atoms with Gasteiger partial charge in [0.15, 0.2) is 0 Å². The number of anilines is 1. The first-order chi connectivity index (χ1) is 12.8. The van der Waals surface area contributed by atoms with Crippen LogP contribution in [0.4, 0.5) is 5.69 Å². The van der Waals surface area contributed by atoms with Crippen molar-refractivity contribution in [3.63, 3.8) is 0 Å². The second-order valence-corrected chi connectivity index (χ2v) is 7.85. The minimum Gasteiger partial charge on any atom is -0.325 e. The second kappa shape index (κ2) is 7.84. The fourth-order valence-electron chi connectivity index (χ4n) is 2.64. The highest BCUT2D eigenvalue weighted by Gasteiger charge is 2.29. The Balaban J connectivity index is 1.78. The van der Waals surface area contributed by atoms with Crippen LogP contribution >= 0.6 is 11.8 Å². The van der Waals surface area contributed by atoms with Crippen LogP contribution in [-0.4, -0.2) is 16.4 Å². The predicted molar refractivity (Wildman–Crippen MR) is 105 cm³/mol. The van der Waals surface area contributed by atoms with Crippen molar-refractivity contribution in [2.45, 2.75) is 38.0 Å². The molecule has 0 aliphatic rings. The Morgan fingerprint density at radius 2 is 1.78 bits per heavy atom. The number of aromatic amines is 1. The quantitative estimate of drug-likeness (QED) is 0.523. The predicted octanol–water partition coefficient (Wildman–Crippen LogP) is 3.29. The van der Waals surface area contributed by atoms with E-state index in [9.17, 15) is 9.59 Å². The average molecular weight is 384 g/mol. The number of aromatic nitrogens is 2. The van der Waals surface area contributed by atoms with Crippen LogP contribution < -0.4 is 15.6 Å². The number of nitrogens with zero attached hydrogens (tertiary/aromatic N) is 1. The van der Waals surface area contributed by atoms with Gasteiger partial charge in [0, 0.05) is 17.8 Å². The summed E-state index contributed by atoms with van der Waals surface area (Å²) in [5.41, 5.74) is 4.27. The molecule has 3 rings (SSSR count). The van der Waals surface area contributed by atoms with E-state index in [1.54, 1.807) is 11.6 Å². The summed E-state index contributed by atoms with van der Waals surface area (Å²) in [6.07, 6.45) is 0. The third-order valence-corrected chi connectivity index (χ3v) is 5.34. The minimum atomic E-state index is -0.508. The Hall–Kier alpha value is -2.80. The Labute approximate surface area is 161 Å². The summed E-state index contributed by atoms with van der Waals surface area (Å²) in [6.45, 7) is 7.70. The van der Waals surface area contributed by atoms with Gasteiger partial charge in [-0.2, -0.15) is 0 Å². The Morgan fingerprint density at radius 3 is 2.44 bits per heavy atom. The molecule has 0 aliphatic heterocycles. The normalized spacial score (nSPS) is 12.0. The second-order valence-electron chi connectivity index (χ2n) is 6.52. The minimum absolute atomic E-state index is 0.178. The van der Waals surface area contributed by atoms with E-state index in [0.717, 1.165) is 39.8 Å². The van der Waals surface area contributed by atoms with Gasteiger partial charge in [-0.3, -0.25) is 9.32 Å². The van der Waals surface area contributed by atoms with Crippen LogP contribution in [0.1, 0.15) is 23.6 Å². The monoisotopic (exact) mass is 384 g/mol. The van der Waals surface area contributed by atoms with Crippen molar-refractivity contribution in [3.05, 3.63) is 69.6 Å². The van der Waals surface area contributed by atoms with Crippen molar-refractivity contribution in [2.75, 3.05) is 5.32 Å². The first kappa shape index (κ1) is 19.0. The van der Waals surface area contributed by atoms with Crippen LogP contribution in [0.5, 0.6) is 0 Å². The number of thioether (sulfide) groups is 1. The highest BCUT2D eigenvalue weighted by molar-refractivity contribution is 8.00. The summed E-state index contributed by atoms with van der Waals surface area (Å²) in [6, 6.07) is 13.5. The molecule has 3 aromatic rings. The number of aryl methyl sites for hydroxylation is 3. The lowest BCUT2D eigenvalue weighted by Crippen LogP contribution is -2.37. The number of amides is 1.